The van der Waals surface area contributed by atoms with Crippen LogP contribution in [0.2, 0.25) is 0 Å². The molecule has 0 saturated heterocycles. The van der Waals surface area contributed by atoms with Gasteiger partial charge in [-0.25, -0.2) is 4.98 Å². The first kappa shape index (κ1) is 11.2. The van der Waals surface area contributed by atoms with Gasteiger partial charge in [-0.2, -0.15) is 0 Å². The standard InChI is InChI=1S/C10H13BrN2O/c1-6(2)10(14)13-9-5-4-8(11)7(3)12-9/h4-6H,1-3H3,(H,12,13,14). The molecule has 1 N–H and O–H groups in total. The molecule has 0 aromatic carbocycles. The topological polar surface area (TPSA) is 42.0 Å². The molecular formula is C10H13BrN2O. The van der Waals surface area contributed by atoms with Gasteiger partial charge in [0.15, 0.2) is 0 Å². The number of aryl methyl sites for hydroxylation is 1. The summed E-state index contributed by atoms with van der Waals surface area (Å²) in [6.45, 7) is 5.58. The highest BCUT2D eigenvalue weighted by Crippen LogP contribution is 2.16. The fourth-order valence-electron chi connectivity index (χ4n) is 0.884. The Labute approximate surface area is 92.1 Å². The minimum Gasteiger partial charge on any atom is -0.310 e. The van der Waals surface area contributed by atoms with Crippen LogP contribution >= 0.6 is 15.9 Å². The quantitative estimate of drug-likeness (QED) is 0.885. The number of amides is 1. The van der Waals surface area contributed by atoms with E-state index in [1.165, 1.54) is 0 Å². The van der Waals surface area contributed by atoms with Crippen molar-refractivity contribution in [2.45, 2.75) is 20.8 Å². The Hall–Kier alpha value is -0.900. The SMILES string of the molecule is Cc1nc(NC(=O)C(C)C)ccc1Br. The molecule has 0 fully saturated rings. The maximum atomic E-state index is 11.3. The van der Waals surface area contributed by atoms with E-state index in [-0.39, 0.29) is 11.8 Å². The third-order valence-corrected chi connectivity index (χ3v) is 2.64. The highest BCUT2D eigenvalue weighted by Gasteiger charge is 2.08. The van der Waals surface area contributed by atoms with E-state index in [0.29, 0.717) is 5.82 Å². The van der Waals surface area contributed by atoms with E-state index >= 15 is 0 Å². The van der Waals surface area contributed by atoms with Crippen LogP contribution in [0.4, 0.5) is 5.82 Å². The third kappa shape index (κ3) is 2.80. The van der Waals surface area contributed by atoms with Crippen molar-refractivity contribution in [3.05, 3.63) is 22.3 Å². The number of halogens is 1. The molecule has 3 nitrogen and oxygen atoms in total. The Morgan fingerprint density at radius 2 is 2.14 bits per heavy atom. The molecule has 0 atom stereocenters. The molecule has 0 saturated carbocycles. The smallest absolute Gasteiger partial charge is 0.228 e. The number of nitrogens with zero attached hydrogens (tertiary/aromatic N) is 1. The van der Waals surface area contributed by atoms with Crippen molar-refractivity contribution >= 4 is 27.7 Å². The van der Waals surface area contributed by atoms with Crippen LogP contribution in [0, 0.1) is 12.8 Å². The molecule has 4 heteroatoms. The lowest BCUT2D eigenvalue weighted by Crippen LogP contribution is -2.18. The second-order valence-electron chi connectivity index (χ2n) is 3.41. The van der Waals surface area contributed by atoms with Gasteiger partial charge in [0.2, 0.25) is 5.91 Å². The van der Waals surface area contributed by atoms with Crippen molar-refractivity contribution in [3.63, 3.8) is 0 Å². The molecule has 1 aromatic heterocycles. The van der Waals surface area contributed by atoms with Gasteiger partial charge < -0.3 is 5.32 Å². The minimum atomic E-state index is -0.0271. The summed E-state index contributed by atoms with van der Waals surface area (Å²) in [7, 11) is 0. The maximum Gasteiger partial charge on any atom is 0.228 e. The van der Waals surface area contributed by atoms with E-state index in [4.69, 9.17) is 0 Å². The molecule has 0 bridgehead atoms. The number of pyridine rings is 1. The van der Waals surface area contributed by atoms with Gasteiger partial charge in [-0.05, 0) is 35.0 Å². The Morgan fingerprint density at radius 1 is 1.50 bits per heavy atom. The highest BCUT2D eigenvalue weighted by molar-refractivity contribution is 9.10. The lowest BCUT2D eigenvalue weighted by Gasteiger charge is -2.07. The first-order valence-electron chi connectivity index (χ1n) is 4.44. The molecule has 0 radical (unpaired) electrons. The van der Waals surface area contributed by atoms with E-state index in [0.717, 1.165) is 10.2 Å². The van der Waals surface area contributed by atoms with Gasteiger partial charge in [0, 0.05) is 10.4 Å². The van der Waals surface area contributed by atoms with Crippen LogP contribution in [0.25, 0.3) is 0 Å². The zero-order chi connectivity index (χ0) is 10.7. The molecular weight excluding hydrogens is 244 g/mol. The molecule has 1 heterocycles. The molecule has 0 unspecified atom stereocenters. The molecule has 0 aliphatic carbocycles. The fraction of sp³-hybridized carbons (Fsp3) is 0.400. The lowest BCUT2D eigenvalue weighted by atomic mass is 10.2. The van der Waals surface area contributed by atoms with Gasteiger partial charge in [-0.3, -0.25) is 4.79 Å². The summed E-state index contributed by atoms with van der Waals surface area (Å²) in [4.78, 5) is 15.6. The number of nitrogens with one attached hydrogen (secondary N) is 1. The molecule has 1 aromatic rings. The zero-order valence-electron chi connectivity index (χ0n) is 8.47. The van der Waals surface area contributed by atoms with Crippen molar-refractivity contribution in [3.8, 4) is 0 Å². The Kier molecular flexibility index (Phi) is 3.63. The van der Waals surface area contributed by atoms with Crippen molar-refractivity contribution in [1.29, 1.82) is 0 Å². The second kappa shape index (κ2) is 4.55. The number of rotatable bonds is 2. The van der Waals surface area contributed by atoms with Gasteiger partial charge in [0.1, 0.15) is 5.82 Å². The number of aromatic nitrogens is 1. The Morgan fingerprint density at radius 3 is 2.64 bits per heavy atom. The van der Waals surface area contributed by atoms with Crippen LogP contribution in [0.1, 0.15) is 19.5 Å². The summed E-state index contributed by atoms with van der Waals surface area (Å²) in [5, 5.41) is 2.74. The van der Waals surface area contributed by atoms with Crippen molar-refractivity contribution in [1.82, 2.24) is 4.98 Å². The van der Waals surface area contributed by atoms with Crippen LogP contribution in [0.5, 0.6) is 0 Å². The summed E-state index contributed by atoms with van der Waals surface area (Å²) in [5.41, 5.74) is 0.867. The average molecular weight is 257 g/mol. The zero-order valence-corrected chi connectivity index (χ0v) is 10.1. The van der Waals surface area contributed by atoms with Crippen LogP contribution in [0.15, 0.2) is 16.6 Å². The molecule has 1 rings (SSSR count). The largest absolute Gasteiger partial charge is 0.310 e. The number of carbonyl (C=O) groups excluding carboxylic acids is 1. The normalized spacial score (nSPS) is 10.4. The summed E-state index contributed by atoms with van der Waals surface area (Å²) in [6.07, 6.45) is 0. The van der Waals surface area contributed by atoms with Crippen LogP contribution < -0.4 is 5.32 Å². The van der Waals surface area contributed by atoms with Gasteiger partial charge in [-0.1, -0.05) is 13.8 Å². The number of hydrogen-bond donors (Lipinski definition) is 1. The summed E-state index contributed by atoms with van der Waals surface area (Å²) in [6, 6.07) is 3.65. The van der Waals surface area contributed by atoms with Crippen LogP contribution in [-0.4, -0.2) is 10.9 Å². The molecule has 14 heavy (non-hydrogen) atoms. The number of anilines is 1. The predicted molar refractivity (Wildman–Crippen MR) is 60.1 cm³/mol. The lowest BCUT2D eigenvalue weighted by molar-refractivity contribution is -0.118. The monoisotopic (exact) mass is 256 g/mol. The van der Waals surface area contributed by atoms with E-state index in [1.807, 2.05) is 26.8 Å². The number of hydrogen-bond acceptors (Lipinski definition) is 2. The molecule has 0 aliphatic rings. The average Bonchev–Trinajstić information content (AvgIpc) is 2.11. The van der Waals surface area contributed by atoms with E-state index < -0.39 is 0 Å². The summed E-state index contributed by atoms with van der Waals surface area (Å²) < 4.78 is 0.944. The van der Waals surface area contributed by atoms with Gasteiger partial charge in [0.25, 0.3) is 0 Å². The maximum absolute atomic E-state index is 11.3. The molecule has 0 aliphatic heterocycles. The van der Waals surface area contributed by atoms with Crippen LogP contribution in [0.3, 0.4) is 0 Å². The van der Waals surface area contributed by atoms with Gasteiger partial charge in [-0.15, -0.1) is 0 Å². The first-order chi connectivity index (χ1) is 6.50. The van der Waals surface area contributed by atoms with Crippen LogP contribution in [-0.2, 0) is 4.79 Å². The fourth-order valence-corrected chi connectivity index (χ4v) is 1.11. The molecule has 76 valence electrons. The van der Waals surface area contributed by atoms with E-state index in [9.17, 15) is 4.79 Å². The highest BCUT2D eigenvalue weighted by atomic mass is 79.9. The van der Waals surface area contributed by atoms with E-state index in [1.54, 1.807) is 6.07 Å². The third-order valence-electron chi connectivity index (χ3n) is 1.80. The summed E-state index contributed by atoms with van der Waals surface area (Å²) >= 11 is 3.35. The second-order valence-corrected chi connectivity index (χ2v) is 4.26. The predicted octanol–water partition coefficient (Wildman–Crippen LogP) is 2.75. The Bertz CT molecular complexity index is 350. The van der Waals surface area contributed by atoms with E-state index in [2.05, 4.69) is 26.2 Å². The molecule has 1 amide bonds. The summed E-state index contributed by atoms with van der Waals surface area (Å²) in [5.74, 6) is 0.560. The van der Waals surface area contributed by atoms with Gasteiger partial charge in [0.05, 0.1) is 5.69 Å². The minimum absolute atomic E-state index is 0.0146. The van der Waals surface area contributed by atoms with Crippen molar-refractivity contribution < 1.29 is 4.79 Å². The Balaban J connectivity index is 2.78. The molecule has 0 spiro atoms. The first-order valence-corrected chi connectivity index (χ1v) is 5.24. The van der Waals surface area contributed by atoms with Crippen molar-refractivity contribution in [2.24, 2.45) is 5.92 Å². The van der Waals surface area contributed by atoms with Crippen molar-refractivity contribution in [2.75, 3.05) is 5.32 Å². The van der Waals surface area contributed by atoms with Gasteiger partial charge >= 0.3 is 0 Å². The number of carbonyl (C=O) groups is 1.